The van der Waals surface area contributed by atoms with Gasteiger partial charge < -0.3 is 5.32 Å². The van der Waals surface area contributed by atoms with Crippen LogP contribution in [0.1, 0.15) is 16.7 Å². The van der Waals surface area contributed by atoms with E-state index in [1.807, 2.05) is 0 Å². The van der Waals surface area contributed by atoms with Crippen LogP contribution in [-0.4, -0.2) is 11.7 Å². The molecule has 2 aromatic carbocycles. The van der Waals surface area contributed by atoms with E-state index in [-0.39, 0.29) is 10.9 Å². The van der Waals surface area contributed by atoms with Gasteiger partial charge in [-0.05, 0) is 43.2 Å². The molecule has 2 rings (SSSR count). The van der Waals surface area contributed by atoms with E-state index in [4.69, 9.17) is 11.6 Å². The summed E-state index contributed by atoms with van der Waals surface area (Å²) in [6.07, 6.45) is 0. The predicted octanol–water partition coefficient (Wildman–Crippen LogP) is 4.97. The molecule has 0 aliphatic heterocycles. The Hall–Kier alpha value is -1.52. The average Bonchev–Trinajstić information content (AvgIpc) is 2.46. The topological polar surface area (TPSA) is 29.1 Å². The minimum Gasteiger partial charge on any atom is -0.324 e. The van der Waals surface area contributed by atoms with Crippen molar-refractivity contribution in [3.8, 4) is 0 Å². The van der Waals surface area contributed by atoms with Crippen molar-refractivity contribution in [2.75, 3.05) is 11.1 Å². The van der Waals surface area contributed by atoms with Gasteiger partial charge in [0.15, 0.2) is 0 Å². The van der Waals surface area contributed by atoms with Crippen LogP contribution in [-0.2, 0) is 10.5 Å². The van der Waals surface area contributed by atoms with Gasteiger partial charge in [-0.2, -0.15) is 0 Å². The van der Waals surface area contributed by atoms with Crippen LogP contribution in [0, 0.1) is 19.7 Å². The largest absolute Gasteiger partial charge is 0.324 e. The predicted molar refractivity (Wildman–Crippen MR) is 92.1 cm³/mol. The van der Waals surface area contributed by atoms with Crippen LogP contribution in [0.2, 0.25) is 5.02 Å². The highest BCUT2D eigenvalue weighted by atomic mass is 35.5. The Morgan fingerprint density at radius 2 is 2.00 bits per heavy atom. The highest BCUT2D eigenvalue weighted by Crippen LogP contribution is 2.23. The molecule has 0 atom stereocenters. The van der Waals surface area contributed by atoms with Crippen molar-refractivity contribution < 1.29 is 9.18 Å². The van der Waals surface area contributed by atoms with E-state index >= 15 is 0 Å². The van der Waals surface area contributed by atoms with Crippen LogP contribution in [0.3, 0.4) is 0 Å². The fourth-order valence-corrected chi connectivity index (χ4v) is 3.09. The van der Waals surface area contributed by atoms with E-state index < -0.39 is 5.82 Å². The number of nitrogens with one attached hydrogen (secondary N) is 1. The summed E-state index contributed by atoms with van der Waals surface area (Å²) in [4.78, 5) is 11.9. The van der Waals surface area contributed by atoms with Gasteiger partial charge in [0.05, 0.1) is 16.5 Å². The SMILES string of the molecule is Cc1ccc(C)c(CSCC(=O)Nc2ccc(F)cc2Cl)c1. The van der Waals surface area contributed by atoms with Crippen molar-refractivity contribution in [2.45, 2.75) is 19.6 Å². The molecule has 0 unspecified atom stereocenters. The maximum Gasteiger partial charge on any atom is 0.234 e. The number of anilines is 1. The Balaban J connectivity index is 1.86. The van der Waals surface area contributed by atoms with Crippen LogP contribution in [0.25, 0.3) is 0 Å². The summed E-state index contributed by atoms with van der Waals surface area (Å²) >= 11 is 7.42. The number of rotatable bonds is 5. The van der Waals surface area contributed by atoms with Gasteiger partial charge >= 0.3 is 0 Å². The van der Waals surface area contributed by atoms with Crippen molar-refractivity contribution in [1.82, 2.24) is 0 Å². The highest BCUT2D eigenvalue weighted by Gasteiger charge is 2.08. The number of aryl methyl sites for hydroxylation is 2. The molecule has 0 radical (unpaired) electrons. The number of carbonyl (C=O) groups excluding carboxylic acids is 1. The Morgan fingerprint density at radius 1 is 1.23 bits per heavy atom. The second-order valence-electron chi connectivity index (χ2n) is 5.10. The number of hydrogen-bond acceptors (Lipinski definition) is 2. The Morgan fingerprint density at radius 3 is 2.73 bits per heavy atom. The quantitative estimate of drug-likeness (QED) is 0.834. The maximum absolute atomic E-state index is 12.9. The molecule has 0 bridgehead atoms. The molecule has 0 saturated heterocycles. The van der Waals surface area contributed by atoms with Gasteiger partial charge in [0.2, 0.25) is 5.91 Å². The second-order valence-corrected chi connectivity index (χ2v) is 6.49. The minimum absolute atomic E-state index is 0.149. The molecule has 1 amide bonds. The van der Waals surface area contributed by atoms with Gasteiger partial charge in [-0.25, -0.2) is 4.39 Å². The zero-order chi connectivity index (χ0) is 16.1. The lowest BCUT2D eigenvalue weighted by molar-refractivity contribution is -0.113. The van der Waals surface area contributed by atoms with E-state index in [0.29, 0.717) is 11.4 Å². The molecule has 2 nitrogen and oxygen atoms in total. The molecule has 0 aliphatic rings. The molecule has 1 N–H and O–H groups in total. The first-order valence-corrected chi connectivity index (χ1v) is 8.38. The number of amides is 1. The second kappa shape index (κ2) is 7.65. The number of hydrogen-bond donors (Lipinski definition) is 1. The third-order valence-electron chi connectivity index (χ3n) is 3.20. The fraction of sp³-hybridized carbons (Fsp3) is 0.235. The van der Waals surface area contributed by atoms with Gasteiger partial charge in [-0.15, -0.1) is 11.8 Å². The maximum atomic E-state index is 12.9. The first kappa shape index (κ1) is 16.8. The molecule has 0 aromatic heterocycles. The average molecular weight is 338 g/mol. The lowest BCUT2D eigenvalue weighted by atomic mass is 10.1. The normalized spacial score (nSPS) is 10.5. The monoisotopic (exact) mass is 337 g/mol. The van der Waals surface area contributed by atoms with Crippen LogP contribution in [0.15, 0.2) is 36.4 Å². The molecule has 5 heteroatoms. The van der Waals surface area contributed by atoms with Crippen LogP contribution in [0.4, 0.5) is 10.1 Å². The summed E-state index contributed by atoms with van der Waals surface area (Å²) in [5.74, 6) is 0.523. The molecule has 22 heavy (non-hydrogen) atoms. The zero-order valence-electron chi connectivity index (χ0n) is 12.5. The first-order chi connectivity index (χ1) is 10.5. The van der Waals surface area contributed by atoms with Gasteiger partial charge in [0, 0.05) is 5.75 Å². The van der Waals surface area contributed by atoms with E-state index in [9.17, 15) is 9.18 Å². The van der Waals surface area contributed by atoms with Gasteiger partial charge in [0.25, 0.3) is 0 Å². The lowest BCUT2D eigenvalue weighted by Gasteiger charge is -2.09. The molecule has 2 aromatic rings. The molecule has 0 saturated carbocycles. The highest BCUT2D eigenvalue weighted by molar-refractivity contribution is 7.99. The van der Waals surface area contributed by atoms with Crippen molar-refractivity contribution in [3.05, 3.63) is 63.9 Å². The Labute approximate surface area is 139 Å². The van der Waals surface area contributed by atoms with Crippen molar-refractivity contribution in [3.63, 3.8) is 0 Å². The third kappa shape index (κ3) is 4.75. The van der Waals surface area contributed by atoms with E-state index in [1.165, 1.54) is 46.7 Å². The smallest absolute Gasteiger partial charge is 0.234 e. The van der Waals surface area contributed by atoms with Crippen molar-refractivity contribution in [2.24, 2.45) is 0 Å². The lowest BCUT2D eigenvalue weighted by Crippen LogP contribution is -2.14. The number of carbonyl (C=O) groups is 1. The van der Waals surface area contributed by atoms with Crippen LogP contribution in [0.5, 0.6) is 0 Å². The van der Waals surface area contributed by atoms with E-state index in [0.717, 1.165) is 5.75 Å². The van der Waals surface area contributed by atoms with E-state index in [2.05, 4.69) is 37.4 Å². The molecular formula is C17H17ClFNOS. The number of benzene rings is 2. The summed E-state index contributed by atoms with van der Waals surface area (Å²) in [5.41, 5.74) is 4.10. The minimum atomic E-state index is -0.424. The van der Waals surface area contributed by atoms with Crippen molar-refractivity contribution in [1.29, 1.82) is 0 Å². The zero-order valence-corrected chi connectivity index (χ0v) is 14.0. The Kier molecular flexibility index (Phi) is 5.86. The molecular weight excluding hydrogens is 321 g/mol. The Bertz CT molecular complexity index is 690. The number of halogens is 2. The summed E-state index contributed by atoms with van der Waals surface area (Å²) in [6, 6.07) is 10.2. The molecule has 0 spiro atoms. The van der Waals surface area contributed by atoms with Crippen LogP contribution >= 0.6 is 23.4 Å². The summed E-state index contributed by atoms with van der Waals surface area (Å²) in [6.45, 7) is 4.12. The molecule has 0 aliphatic carbocycles. The van der Waals surface area contributed by atoms with Crippen LogP contribution < -0.4 is 5.32 Å². The van der Waals surface area contributed by atoms with Gasteiger partial charge in [-0.3, -0.25) is 4.79 Å². The van der Waals surface area contributed by atoms with Gasteiger partial charge in [0.1, 0.15) is 5.82 Å². The fourth-order valence-electron chi connectivity index (χ4n) is 1.99. The first-order valence-electron chi connectivity index (χ1n) is 6.84. The summed E-state index contributed by atoms with van der Waals surface area (Å²) < 4.78 is 12.9. The molecule has 0 fully saturated rings. The number of thioether (sulfide) groups is 1. The summed E-state index contributed by atoms with van der Waals surface area (Å²) in [5, 5.41) is 2.89. The molecule has 0 heterocycles. The van der Waals surface area contributed by atoms with Crippen molar-refractivity contribution >= 4 is 35.0 Å². The third-order valence-corrected chi connectivity index (χ3v) is 4.49. The summed E-state index contributed by atoms with van der Waals surface area (Å²) in [7, 11) is 0. The van der Waals surface area contributed by atoms with Gasteiger partial charge in [-0.1, -0.05) is 35.4 Å². The molecule has 116 valence electrons. The standard InChI is InChI=1S/C17H17ClFNOS/c1-11-3-4-12(2)13(7-11)9-22-10-17(21)20-16-6-5-14(19)8-15(16)18/h3-8H,9-10H2,1-2H3,(H,20,21). The van der Waals surface area contributed by atoms with E-state index in [1.54, 1.807) is 0 Å².